The molecule has 120 valence electrons. The second kappa shape index (κ2) is 6.34. The molecule has 2 aliphatic rings. The van der Waals surface area contributed by atoms with Gasteiger partial charge in [-0.2, -0.15) is 0 Å². The average Bonchev–Trinajstić information content (AvgIpc) is 2.67. The van der Waals surface area contributed by atoms with Crippen LogP contribution in [0.1, 0.15) is 43.7 Å². The van der Waals surface area contributed by atoms with Crippen LogP contribution in [0, 0.1) is 0 Å². The molecule has 3 rings (SSSR count). The highest BCUT2D eigenvalue weighted by molar-refractivity contribution is 6.32. The lowest BCUT2D eigenvalue weighted by atomic mass is 9.80. The van der Waals surface area contributed by atoms with Gasteiger partial charge in [0.25, 0.3) is 0 Å². The Morgan fingerprint density at radius 3 is 2.95 bits per heavy atom. The largest absolute Gasteiger partial charge is 0.492 e. The van der Waals surface area contributed by atoms with Crippen molar-refractivity contribution in [2.24, 2.45) is 0 Å². The van der Waals surface area contributed by atoms with Crippen molar-refractivity contribution < 1.29 is 14.6 Å². The summed E-state index contributed by atoms with van der Waals surface area (Å²) in [5.74, 6) is 0.657. The fourth-order valence-corrected chi connectivity index (χ4v) is 3.17. The van der Waals surface area contributed by atoms with Crippen molar-refractivity contribution >= 4 is 17.6 Å². The molecule has 5 nitrogen and oxygen atoms in total. The number of aliphatic hydroxyl groups is 1. The number of hydrogen-bond acceptors (Lipinski definition) is 3. The summed E-state index contributed by atoms with van der Waals surface area (Å²) in [4.78, 5) is 12.1. The molecular formula is C16H21ClN2O3. The first-order chi connectivity index (χ1) is 10.6. The third kappa shape index (κ3) is 3.31. The van der Waals surface area contributed by atoms with Crippen LogP contribution in [0.25, 0.3) is 0 Å². The summed E-state index contributed by atoms with van der Waals surface area (Å²) in [6, 6.07) is 5.18. The third-order valence-electron chi connectivity index (χ3n) is 4.42. The summed E-state index contributed by atoms with van der Waals surface area (Å²) in [5, 5.41) is 16.3. The van der Waals surface area contributed by atoms with Gasteiger partial charge in [0.05, 0.1) is 23.3 Å². The van der Waals surface area contributed by atoms with E-state index in [1.54, 1.807) is 6.07 Å². The zero-order valence-electron chi connectivity index (χ0n) is 12.4. The number of rotatable bonds is 3. The Morgan fingerprint density at radius 1 is 1.41 bits per heavy atom. The van der Waals surface area contributed by atoms with E-state index in [1.165, 1.54) is 0 Å². The van der Waals surface area contributed by atoms with Gasteiger partial charge in [0, 0.05) is 12.1 Å². The molecule has 0 saturated heterocycles. The Kier molecular flexibility index (Phi) is 4.45. The van der Waals surface area contributed by atoms with E-state index in [9.17, 15) is 9.90 Å². The van der Waals surface area contributed by atoms with Crippen molar-refractivity contribution in [3.63, 3.8) is 0 Å². The first-order valence-corrected chi connectivity index (χ1v) is 8.13. The van der Waals surface area contributed by atoms with Crippen LogP contribution in [-0.4, -0.2) is 29.9 Å². The lowest BCUT2D eigenvalue weighted by molar-refractivity contribution is -0.0290. The van der Waals surface area contributed by atoms with Crippen LogP contribution in [0.2, 0.25) is 5.02 Å². The molecule has 0 aromatic heterocycles. The molecule has 1 atom stereocenters. The lowest BCUT2D eigenvalue weighted by Crippen LogP contribution is -2.50. The highest BCUT2D eigenvalue weighted by atomic mass is 35.5. The van der Waals surface area contributed by atoms with Crippen molar-refractivity contribution in [3.05, 3.63) is 28.8 Å². The second-order valence-corrected chi connectivity index (χ2v) is 6.51. The topological polar surface area (TPSA) is 70.6 Å². The summed E-state index contributed by atoms with van der Waals surface area (Å²) in [6.45, 7) is 0.890. The quantitative estimate of drug-likeness (QED) is 0.800. The summed E-state index contributed by atoms with van der Waals surface area (Å²) in [6.07, 6.45) is 4.17. The van der Waals surface area contributed by atoms with Crippen molar-refractivity contribution in [3.8, 4) is 5.75 Å². The maximum atomic E-state index is 12.1. The van der Waals surface area contributed by atoms with Gasteiger partial charge in [-0.15, -0.1) is 0 Å². The van der Waals surface area contributed by atoms with Crippen molar-refractivity contribution in [1.29, 1.82) is 0 Å². The van der Waals surface area contributed by atoms with E-state index in [0.29, 0.717) is 23.9 Å². The first-order valence-electron chi connectivity index (χ1n) is 7.75. The van der Waals surface area contributed by atoms with E-state index in [1.807, 2.05) is 12.1 Å². The van der Waals surface area contributed by atoms with E-state index in [0.717, 1.165) is 37.7 Å². The molecule has 1 aromatic carbocycles. The van der Waals surface area contributed by atoms with Gasteiger partial charge in [-0.25, -0.2) is 4.79 Å². The van der Waals surface area contributed by atoms with Gasteiger partial charge < -0.3 is 20.5 Å². The molecule has 1 fully saturated rings. The standard InChI is InChI=1S/C16H21ClN2O3/c17-12-5-1-4-11-13(6-2-9-22-14(11)12)19-15(20)18-10-16(21)7-3-8-16/h1,4-5,13,21H,2-3,6-10H2,(H2,18,19,20). The Hall–Kier alpha value is -1.46. The summed E-state index contributed by atoms with van der Waals surface area (Å²) in [7, 11) is 0. The Morgan fingerprint density at radius 2 is 2.23 bits per heavy atom. The van der Waals surface area contributed by atoms with E-state index in [2.05, 4.69) is 10.6 Å². The number of carbonyl (C=O) groups is 1. The monoisotopic (exact) mass is 324 g/mol. The molecule has 0 radical (unpaired) electrons. The SMILES string of the molecule is O=C(NCC1(O)CCC1)NC1CCCOc2c(Cl)cccc21. The number of fused-ring (bicyclic) bond motifs is 1. The third-order valence-corrected chi connectivity index (χ3v) is 4.72. The van der Waals surface area contributed by atoms with Crippen LogP contribution < -0.4 is 15.4 Å². The molecule has 2 amide bonds. The second-order valence-electron chi connectivity index (χ2n) is 6.11. The lowest BCUT2D eigenvalue weighted by Gasteiger charge is -2.36. The zero-order chi connectivity index (χ0) is 15.6. The number of ether oxygens (including phenoxy) is 1. The van der Waals surface area contributed by atoms with Gasteiger partial charge in [0.15, 0.2) is 0 Å². The van der Waals surface area contributed by atoms with Crippen LogP contribution in [0.4, 0.5) is 4.79 Å². The molecule has 1 aromatic rings. The predicted octanol–water partition coefficient (Wildman–Crippen LogP) is 2.77. The number of nitrogens with one attached hydrogen (secondary N) is 2. The summed E-state index contributed by atoms with van der Waals surface area (Å²) in [5.41, 5.74) is 0.188. The zero-order valence-corrected chi connectivity index (χ0v) is 13.2. The van der Waals surface area contributed by atoms with Crippen LogP contribution in [0.5, 0.6) is 5.75 Å². The van der Waals surface area contributed by atoms with Gasteiger partial charge in [-0.05, 0) is 38.2 Å². The minimum atomic E-state index is -0.717. The maximum absolute atomic E-state index is 12.1. The molecule has 6 heteroatoms. The Balaban J connectivity index is 1.64. The maximum Gasteiger partial charge on any atom is 0.315 e. The van der Waals surface area contributed by atoms with Crippen molar-refractivity contribution in [1.82, 2.24) is 10.6 Å². The fourth-order valence-electron chi connectivity index (χ4n) is 2.94. The summed E-state index contributed by atoms with van der Waals surface area (Å²) >= 11 is 6.18. The smallest absolute Gasteiger partial charge is 0.315 e. The molecule has 0 spiro atoms. The molecule has 1 aliphatic heterocycles. The van der Waals surface area contributed by atoms with Gasteiger partial charge in [-0.3, -0.25) is 0 Å². The molecule has 0 bridgehead atoms. The molecule has 1 heterocycles. The molecule has 22 heavy (non-hydrogen) atoms. The molecule has 3 N–H and O–H groups in total. The number of halogens is 1. The molecular weight excluding hydrogens is 304 g/mol. The number of para-hydroxylation sites is 1. The van der Waals surface area contributed by atoms with Gasteiger partial charge in [0.2, 0.25) is 0 Å². The fraction of sp³-hybridized carbons (Fsp3) is 0.562. The van der Waals surface area contributed by atoms with E-state index >= 15 is 0 Å². The number of benzene rings is 1. The van der Waals surface area contributed by atoms with Gasteiger partial charge >= 0.3 is 6.03 Å². The van der Waals surface area contributed by atoms with Crippen LogP contribution in [-0.2, 0) is 0 Å². The van der Waals surface area contributed by atoms with Crippen LogP contribution >= 0.6 is 11.6 Å². The molecule has 1 saturated carbocycles. The number of carbonyl (C=O) groups excluding carboxylic acids is 1. The predicted molar refractivity (Wildman–Crippen MR) is 84.3 cm³/mol. The highest BCUT2D eigenvalue weighted by Gasteiger charge is 2.34. The van der Waals surface area contributed by atoms with E-state index < -0.39 is 5.60 Å². The molecule has 1 aliphatic carbocycles. The molecule has 1 unspecified atom stereocenters. The number of amides is 2. The van der Waals surface area contributed by atoms with Gasteiger partial charge in [-0.1, -0.05) is 23.7 Å². The highest BCUT2D eigenvalue weighted by Crippen LogP contribution is 2.37. The average molecular weight is 325 g/mol. The Bertz CT molecular complexity index is 560. The summed E-state index contributed by atoms with van der Waals surface area (Å²) < 4.78 is 5.69. The Labute approximate surface area is 135 Å². The number of urea groups is 1. The normalized spacial score (nSPS) is 22.5. The first kappa shape index (κ1) is 15.4. The van der Waals surface area contributed by atoms with E-state index in [4.69, 9.17) is 16.3 Å². The van der Waals surface area contributed by atoms with Crippen molar-refractivity contribution in [2.45, 2.75) is 43.7 Å². The van der Waals surface area contributed by atoms with E-state index in [-0.39, 0.29) is 12.1 Å². The van der Waals surface area contributed by atoms with Crippen molar-refractivity contribution in [2.75, 3.05) is 13.2 Å². The minimum Gasteiger partial charge on any atom is -0.492 e. The minimum absolute atomic E-state index is 0.132. The van der Waals surface area contributed by atoms with Gasteiger partial charge in [0.1, 0.15) is 5.75 Å². The van der Waals surface area contributed by atoms with Crippen LogP contribution in [0.3, 0.4) is 0 Å². The number of hydrogen-bond donors (Lipinski definition) is 3. The van der Waals surface area contributed by atoms with Crippen LogP contribution in [0.15, 0.2) is 18.2 Å².